The van der Waals surface area contributed by atoms with Crippen LogP contribution in [0.3, 0.4) is 0 Å². The third-order valence-electron chi connectivity index (χ3n) is 13.9. The molecule has 0 saturated carbocycles. The molecule has 0 heterocycles. The van der Waals surface area contributed by atoms with E-state index in [1.807, 2.05) is 0 Å². The molecule has 0 aliphatic carbocycles. The molecule has 0 aromatic heterocycles. The second kappa shape index (κ2) is 51.8. The van der Waals surface area contributed by atoms with Crippen molar-refractivity contribution in [3.8, 4) is 35.5 Å². The monoisotopic (exact) mass is 1010 g/mol. The molecule has 2 nitrogen and oxygen atoms in total. The quantitative estimate of drug-likeness (QED) is 0.0274. The van der Waals surface area contributed by atoms with Gasteiger partial charge in [0.1, 0.15) is 5.71 Å². The summed E-state index contributed by atoms with van der Waals surface area (Å²) in [6.07, 6.45) is 57.4. The number of aliphatic imine (C=N–C) groups is 2. The van der Waals surface area contributed by atoms with Gasteiger partial charge in [0.25, 0.3) is 0 Å². The number of hydrogen-bond acceptors (Lipinski definition) is 2. The van der Waals surface area contributed by atoms with Crippen LogP contribution in [-0.4, -0.2) is 11.4 Å². The Morgan fingerprint density at radius 3 is 0.986 bits per heavy atom. The maximum Gasteiger partial charge on any atom is 0.135 e. The maximum atomic E-state index is 5.35. The molecule has 0 radical (unpaired) electrons. The van der Waals surface area contributed by atoms with Gasteiger partial charge in [-0.1, -0.05) is 301 Å². The van der Waals surface area contributed by atoms with E-state index in [-0.39, 0.29) is 16.5 Å². The summed E-state index contributed by atoms with van der Waals surface area (Å²) in [7, 11) is 0. The van der Waals surface area contributed by atoms with Gasteiger partial charge in [0.15, 0.2) is 0 Å². The number of benzene rings is 2. The predicted octanol–water partition coefficient (Wildman–Crippen LogP) is 22.5. The smallest absolute Gasteiger partial charge is 0.135 e. The van der Waals surface area contributed by atoms with Gasteiger partial charge in [-0.05, 0) is 74.4 Å². The van der Waals surface area contributed by atoms with Crippen LogP contribution in [0.2, 0.25) is 0 Å². The van der Waals surface area contributed by atoms with E-state index in [1.165, 1.54) is 244 Å². The molecule has 0 amide bonds. The van der Waals surface area contributed by atoms with E-state index in [1.54, 1.807) is 0 Å². The van der Waals surface area contributed by atoms with Crippen LogP contribution in [-0.2, 0) is 16.5 Å². The van der Waals surface area contributed by atoms with E-state index < -0.39 is 0 Å². The summed E-state index contributed by atoms with van der Waals surface area (Å²) in [5.74, 6) is 21.1. The Kier molecular flexibility index (Phi) is 48.2. The summed E-state index contributed by atoms with van der Waals surface area (Å²) in [5, 5.41) is 0. The molecule has 0 spiro atoms. The molecule has 0 N–H and O–H groups in total. The molecule has 400 valence electrons. The van der Waals surface area contributed by atoms with Crippen molar-refractivity contribution in [3.63, 3.8) is 0 Å². The fraction of sp³-hybridized carbons (Fsp3) is 0.706. The molecule has 0 aliphatic heterocycles. The van der Waals surface area contributed by atoms with Crippen LogP contribution in [0.15, 0.2) is 58.5 Å². The van der Waals surface area contributed by atoms with Crippen LogP contribution in [0.4, 0.5) is 11.4 Å². The van der Waals surface area contributed by atoms with Crippen molar-refractivity contribution in [2.45, 2.75) is 310 Å². The normalized spacial score (nSPS) is 11.3. The molecular formula is C68H108N2Ni. The average molecular weight is 1010 g/mol. The molecule has 2 aromatic carbocycles. The average Bonchev–Trinajstić information content (AvgIpc) is 3.37. The fourth-order valence-electron chi connectivity index (χ4n) is 9.34. The first-order chi connectivity index (χ1) is 34.7. The largest absolute Gasteiger partial charge is 0.250 e. The molecule has 2 aromatic rings. The molecule has 0 bridgehead atoms. The minimum atomic E-state index is 0. The maximum absolute atomic E-state index is 5.35. The predicted molar refractivity (Wildman–Crippen MR) is 314 cm³/mol. The van der Waals surface area contributed by atoms with Crippen LogP contribution in [0.5, 0.6) is 0 Å². The van der Waals surface area contributed by atoms with Crippen LogP contribution in [0, 0.1) is 35.5 Å². The van der Waals surface area contributed by atoms with Crippen molar-refractivity contribution in [2.24, 2.45) is 9.98 Å². The first-order valence-electron chi connectivity index (χ1n) is 30.5. The Balaban J connectivity index is 0.0000252. The topological polar surface area (TPSA) is 24.7 Å². The number of rotatable bonds is 44. The first-order valence-corrected chi connectivity index (χ1v) is 30.5. The van der Waals surface area contributed by atoms with E-state index in [9.17, 15) is 0 Å². The Morgan fingerprint density at radius 2 is 0.634 bits per heavy atom. The summed E-state index contributed by atoms with van der Waals surface area (Å²) in [6, 6.07) is 17.0. The molecule has 0 saturated heterocycles. The van der Waals surface area contributed by atoms with Crippen molar-refractivity contribution in [3.05, 3.63) is 59.7 Å². The van der Waals surface area contributed by atoms with E-state index >= 15 is 0 Å². The summed E-state index contributed by atoms with van der Waals surface area (Å²) >= 11 is 0. The summed E-state index contributed by atoms with van der Waals surface area (Å²) in [4.78, 5) is 10.6. The Morgan fingerprint density at radius 1 is 0.338 bits per heavy atom. The summed E-state index contributed by atoms with van der Waals surface area (Å²) < 4.78 is 0. The van der Waals surface area contributed by atoms with E-state index in [4.69, 9.17) is 9.98 Å². The molecule has 0 unspecified atom stereocenters. The van der Waals surface area contributed by atoms with Crippen molar-refractivity contribution in [1.29, 1.82) is 0 Å². The van der Waals surface area contributed by atoms with Crippen molar-refractivity contribution in [2.75, 3.05) is 0 Å². The summed E-state index contributed by atoms with van der Waals surface area (Å²) in [5.41, 5.74) is 5.71. The minimum Gasteiger partial charge on any atom is -0.250 e. The Labute approximate surface area is 452 Å². The second-order valence-corrected chi connectivity index (χ2v) is 20.8. The zero-order chi connectivity index (χ0) is 49.9. The van der Waals surface area contributed by atoms with Crippen LogP contribution in [0.1, 0.15) is 321 Å². The summed E-state index contributed by atoms with van der Waals surface area (Å²) in [6.45, 7) is 9.18. The third kappa shape index (κ3) is 41.0. The fourth-order valence-corrected chi connectivity index (χ4v) is 9.34. The molecule has 71 heavy (non-hydrogen) atoms. The van der Waals surface area contributed by atoms with E-state index in [0.717, 1.165) is 72.4 Å². The van der Waals surface area contributed by atoms with Gasteiger partial charge in [0.05, 0.1) is 17.1 Å². The van der Waals surface area contributed by atoms with Gasteiger partial charge in [0.2, 0.25) is 0 Å². The molecule has 3 heteroatoms. The Hall–Kier alpha value is -3.05. The Bertz CT molecular complexity index is 1770. The second-order valence-electron chi connectivity index (χ2n) is 20.8. The van der Waals surface area contributed by atoms with Crippen LogP contribution in [0.25, 0.3) is 0 Å². The van der Waals surface area contributed by atoms with Gasteiger partial charge in [-0.3, -0.25) is 4.99 Å². The van der Waals surface area contributed by atoms with Crippen molar-refractivity contribution < 1.29 is 16.5 Å². The van der Waals surface area contributed by atoms with Gasteiger partial charge in [-0.2, -0.15) is 0 Å². The van der Waals surface area contributed by atoms with Gasteiger partial charge < -0.3 is 0 Å². The van der Waals surface area contributed by atoms with Gasteiger partial charge in [0, 0.05) is 46.9 Å². The number of unbranched alkanes of at least 4 members (excludes halogenated alkanes) is 39. The van der Waals surface area contributed by atoms with Crippen LogP contribution < -0.4 is 0 Å². The van der Waals surface area contributed by atoms with Gasteiger partial charge in [-0.25, -0.2) is 4.99 Å². The van der Waals surface area contributed by atoms with Crippen molar-refractivity contribution >= 4 is 22.8 Å². The van der Waals surface area contributed by atoms with E-state index in [0.29, 0.717) is 0 Å². The molecular weight excluding hydrogens is 903 g/mol. The zero-order valence-corrected chi connectivity index (χ0v) is 47.9. The minimum absolute atomic E-state index is 0. The molecule has 0 fully saturated rings. The molecule has 0 aliphatic rings. The SMILES string of the molecule is CCCCCCCCCCCCCCC#CC(=Nc1cccc(C#CCCCCCCCCCCCCCC)c1)C(CCCCCC)=Nc1cccc(C#CCCCCCCCCCCCCCC)c1.[Ni]. The molecule has 2 rings (SSSR count). The standard InChI is InChI=1S/C68H108N2.Ni/c1-5-9-13-17-20-23-26-29-32-35-38-41-44-47-53-63-55-51-57-65(61-63)69-67(59-49-16-12-8-4)68(60-50-46-43-40-37-34-31-28-25-22-19-15-11-7-3)70-66-58-52-56-64(62-66)54-48-45-42-39-36-33-30-27-24-21-18-14-10-6-2;/h51-52,55-58,61-62H,5-46,49,59H2,1-4H3;. The number of nitrogens with zero attached hydrogens (tertiary/aromatic N) is 2. The van der Waals surface area contributed by atoms with Crippen LogP contribution >= 0.6 is 0 Å². The number of hydrogen-bond donors (Lipinski definition) is 0. The molecule has 0 atom stereocenters. The van der Waals surface area contributed by atoms with E-state index in [2.05, 4.69) is 112 Å². The van der Waals surface area contributed by atoms with Gasteiger partial charge >= 0.3 is 0 Å². The van der Waals surface area contributed by atoms with Crippen molar-refractivity contribution in [1.82, 2.24) is 0 Å². The zero-order valence-electron chi connectivity index (χ0n) is 46.9. The van der Waals surface area contributed by atoms with Gasteiger partial charge in [-0.15, -0.1) is 0 Å². The first kappa shape index (κ1) is 66.0. The third-order valence-corrected chi connectivity index (χ3v) is 13.9.